The molecule has 1 aromatic heterocycles. The Hall–Kier alpha value is -3.19. The molecule has 1 amide bonds. The number of nitrogens with zero attached hydrogens (tertiary/aromatic N) is 2. The van der Waals surface area contributed by atoms with Crippen molar-refractivity contribution in [1.82, 2.24) is 9.78 Å². The molecule has 0 aliphatic heterocycles. The van der Waals surface area contributed by atoms with Crippen molar-refractivity contribution in [2.45, 2.75) is 6.92 Å². The number of anilines is 1. The number of carbonyl (C=O) groups excluding carboxylic acids is 2. The number of nitrogens with one attached hydrogen (secondary N) is 1. The minimum absolute atomic E-state index is 0.206. The van der Waals surface area contributed by atoms with Gasteiger partial charge in [0.1, 0.15) is 0 Å². The summed E-state index contributed by atoms with van der Waals surface area (Å²) in [7, 11) is 0. The van der Waals surface area contributed by atoms with Gasteiger partial charge in [-0.3, -0.25) is 4.79 Å². The zero-order valence-electron chi connectivity index (χ0n) is 15.1. The van der Waals surface area contributed by atoms with E-state index >= 15 is 0 Å². The second kappa shape index (κ2) is 9.14. The van der Waals surface area contributed by atoms with E-state index in [1.165, 1.54) is 6.08 Å². The highest BCUT2D eigenvalue weighted by Gasteiger charge is 2.07. The minimum atomic E-state index is -0.384. The van der Waals surface area contributed by atoms with Crippen LogP contribution in [0, 0.1) is 0 Å². The number of hydrogen-bond donors (Lipinski definition) is 1. The van der Waals surface area contributed by atoms with Gasteiger partial charge < -0.3 is 10.1 Å². The predicted octanol–water partition coefficient (Wildman–Crippen LogP) is 4.46. The maximum absolute atomic E-state index is 12.4. The lowest BCUT2D eigenvalue weighted by atomic mass is 10.1. The third kappa shape index (κ3) is 5.17. The van der Waals surface area contributed by atoms with Gasteiger partial charge in [-0.15, -0.1) is 0 Å². The number of benzene rings is 2. The molecule has 0 bridgehead atoms. The smallest absolute Gasteiger partial charge is 0.330 e. The van der Waals surface area contributed by atoms with Crippen molar-refractivity contribution in [1.29, 1.82) is 0 Å². The van der Waals surface area contributed by atoms with E-state index in [1.807, 2.05) is 30.5 Å². The Morgan fingerprint density at radius 3 is 2.46 bits per heavy atom. The second-order valence-electron chi connectivity index (χ2n) is 5.81. The van der Waals surface area contributed by atoms with E-state index in [0.717, 1.165) is 15.7 Å². The van der Waals surface area contributed by atoms with Crippen molar-refractivity contribution in [2.24, 2.45) is 0 Å². The fraction of sp³-hybridized carbons (Fsp3) is 0.0952. The Balaban J connectivity index is 1.62. The number of hydrogen-bond acceptors (Lipinski definition) is 4. The van der Waals surface area contributed by atoms with Gasteiger partial charge in [0, 0.05) is 23.5 Å². The van der Waals surface area contributed by atoms with Crippen molar-refractivity contribution >= 4 is 39.6 Å². The van der Waals surface area contributed by atoms with Crippen LogP contribution in [0.15, 0.2) is 71.5 Å². The van der Waals surface area contributed by atoms with Crippen LogP contribution in [0.1, 0.15) is 22.8 Å². The molecule has 3 rings (SSSR count). The zero-order chi connectivity index (χ0) is 19.9. The molecule has 0 radical (unpaired) electrons. The standard InChI is InChI=1S/C21H18BrN3O3/c1-2-28-20(26)12-5-15-3-8-18(9-4-15)24-21(27)16-6-10-19(11-7-16)25-14-17(22)13-23-25/h3-14H,2H2,1H3,(H,24,27)/b12-5+. The van der Waals surface area contributed by atoms with Gasteiger partial charge in [0.05, 0.1) is 23.0 Å². The van der Waals surface area contributed by atoms with Crippen LogP contribution in [-0.2, 0) is 9.53 Å². The van der Waals surface area contributed by atoms with Crippen molar-refractivity contribution in [3.05, 3.63) is 82.6 Å². The largest absolute Gasteiger partial charge is 0.463 e. The average molecular weight is 440 g/mol. The normalized spacial score (nSPS) is 10.8. The van der Waals surface area contributed by atoms with Gasteiger partial charge in [-0.25, -0.2) is 9.48 Å². The quantitative estimate of drug-likeness (QED) is 0.454. The highest BCUT2D eigenvalue weighted by molar-refractivity contribution is 9.10. The summed E-state index contributed by atoms with van der Waals surface area (Å²) in [5.74, 6) is -0.589. The number of rotatable bonds is 6. The topological polar surface area (TPSA) is 73.2 Å². The van der Waals surface area contributed by atoms with E-state index in [1.54, 1.807) is 48.1 Å². The summed E-state index contributed by atoms with van der Waals surface area (Å²) in [6.07, 6.45) is 6.58. The van der Waals surface area contributed by atoms with Gasteiger partial charge in [0.15, 0.2) is 0 Å². The maximum Gasteiger partial charge on any atom is 0.330 e. The fourth-order valence-corrected chi connectivity index (χ4v) is 2.73. The van der Waals surface area contributed by atoms with Crippen LogP contribution in [0.3, 0.4) is 0 Å². The lowest BCUT2D eigenvalue weighted by molar-refractivity contribution is -0.137. The molecule has 0 saturated heterocycles. The lowest BCUT2D eigenvalue weighted by Crippen LogP contribution is -2.11. The third-order valence-electron chi connectivity index (χ3n) is 3.81. The molecule has 0 aliphatic carbocycles. The molecule has 0 unspecified atom stereocenters. The van der Waals surface area contributed by atoms with E-state index in [2.05, 4.69) is 26.3 Å². The fourth-order valence-electron chi connectivity index (χ4n) is 2.44. The van der Waals surface area contributed by atoms with Crippen molar-refractivity contribution in [3.8, 4) is 5.69 Å². The van der Waals surface area contributed by atoms with Crippen molar-refractivity contribution in [2.75, 3.05) is 11.9 Å². The van der Waals surface area contributed by atoms with Gasteiger partial charge in [-0.1, -0.05) is 12.1 Å². The summed E-state index contributed by atoms with van der Waals surface area (Å²) in [6.45, 7) is 2.10. The number of carbonyl (C=O) groups is 2. The number of aromatic nitrogens is 2. The molecule has 6 nitrogen and oxygen atoms in total. The van der Waals surface area contributed by atoms with Gasteiger partial charge in [0.2, 0.25) is 0 Å². The van der Waals surface area contributed by atoms with Crippen LogP contribution in [0.2, 0.25) is 0 Å². The molecule has 0 saturated carbocycles. The van der Waals surface area contributed by atoms with Crippen LogP contribution >= 0.6 is 15.9 Å². The lowest BCUT2D eigenvalue weighted by Gasteiger charge is -2.07. The monoisotopic (exact) mass is 439 g/mol. The van der Waals surface area contributed by atoms with Crippen LogP contribution in [0.25, 0.3) is 11.8 Å². The number of halogens is 1. The van der Waals surface area contributed by atoms with Gasteiger partial charge in [-0.05, 0) is 70.9 Å². The highest BCUT2D eigenvalue weighted by atomic mass is 79.9. The Kier molecular flexibility index (Phi) is 6.39. The second-order valence-corrected chi connectivity index (χ2v) is 6.73. The third-order valence-corrected chi connectivity index (χ3v) is 4.22. The molecular weight excluding hydrogens is 422 g/mol. The summed E-state index contributed by atoms with van der Waals surface area (Å²) in [5, 5.41) is 7.06. The van der Waals surface area contributed by atoms with Crippen LogP contribution < -0.4 is 5.32 Å². The Bertz CT molecular complexity index is 992. The first-order valence-corrected chi connectivity index (χ1v) is 9.41. The number of ether oxygens (including phenoxy) is 1. The first-order valence-electron chi connectivity index (χ1n) is 8.62. The first kappa shape index (κ1) is 19.6. The molecule has 0 spiro atoms. The summed E-state index contributed by atoms with van der Waals surface area (Å²) in [5.41, 5.74) is 2.90. The maximum atomic E-state index is 12.4. The number of esters is 1. The van der Waals surface area contributed by atoms with E-state index in [0.29, 0.717) is 17.9 Å². The molecule has 0 fully saturated rings. The zero-order valence-corrected chi connectivity index (χ0v) is 16.7. The van der Waals surface area contributed by atoms with Crippen LogP contribution in [0.4, 0.5) is 5.69 Å². The Morgan fingerprint density at radius 1 is 1.14 bits per heavy atom. The summed E-state index contributed by atoms with van der Waals surface area (Å²) >= 11 is 3.36. The molecule has 0 aliphatic rings. The van der Waals surface area contributed by atoms with E-state index < -0.39 is 0 Å². The molecule has 2 aromatic carbocycles. The molecule has 1 heterocycles. The molecule has 7 heteroatoms. The number of amides is 1. The minimum Gasteiger partial charge on any atom is -0.463 e. The first-order chi connectivity index (χ1) is 13.5. The van der Waals surface area contributed by atoms with Crippen LogP contribution in [-0.4, -0.2) is 28.3 Å². The highest BCUT2D eigenvalue weighted by Crippen LogP contribution is 2.15. The predicted molar refractivity (Wildman–Crippen MR) is 111 cm³/mol. The molecular formula is C21H18BrN3O3. The van der Waals surface area contributed by atoms with Gasteiger partial charge >= 0.3 is 5.97 Å². The Morgan fingerprint density at radius 2 is 1.86 bits per heavy atom. The van der Waals surface area contributed by atoms with E-state index in [9.17, 15) is 9.59 Å². The molecule has 142 valence electrons. The summed E-state index contributed by atoms with van der Waals surface area (Å²) in [6, 6.07) is 14.3. The Labute approximate surface area is 171 Å². The van der Waals surface area contributed by atoms with E-state index in [4.69, 9.17) is 4.74 Å². The van der Waals surface area contributed by atoms with Crippen LogP contribution in [0.5, 0.6) is 0 Å². The van der Waals surface area contributed by atoms with Crippen molar-refractivity contribution < 1.29 is 14.3 Å². The molecule has 0 atom stereocenters. The van der Waals surface area contributed by atoms with Gasteiger partial charge in [0.25, 0.3) is 5.91 Å². The van der Waals surface area contributed by atoms with E-state index in [-0.39, 0.29) is 11.9 Å². The van der Waals surface area contributed by atoms with Gasteiger partial charge in [-0.2, -0.15) is 5.10 Å². The van der Waals surface area contributed by atoms with Crippen molar-refractivity contribution in [3.63, 3.8) is 0 Å². The SMILES string of the molecule is CCOC(=O)/C=C/c1ccc(NC(=O)c2ccc(-n3cc(Br)cn3)cc2)cc1. The molecule has 3 aromatic rings. The average Bonchev–Trinajstić information content (AvgIpc) is 3.14. The molecule has 28 heavy (non-hydrogen) atoms. The summed E-state index contributed by atoms with van der Waals surface area (Å²) in [4.78, 5) is 23.7. The summed E-state index contributed by atoms with van der Waals surface area (Å²) < 4.78 is 7.44. The molecule has 1 N–H and O–H groups in total.